The molecule has 4 heterocycles. The molecule has 0 saturated carbocycles. The fourth-order valence-electron chi connectivity index (χ4n) is 6.62. The van der Waals surface area contributed by atoms with Crippen LogP contribution in [0.2, 0.25) is 0 Å². The van der Waals surface area contributed by atoms with Crippen LogP contribution in [-0.4, -0.2) is 24.7 Å². The Bertz CT molecular complexity index is 2090. The molecule has 43 heavy (non-hydrogen) atoms. The monoisotopic (exact) mass is 749 g/mol. The molecule has 0 aliphatic heterocycles. The zero-order chi connectivity index (χ0) is 29.5. The van der Waals surface area contributed by atoms with Crippen LogP contribution in [0.15, 0.2) is 78.7 Å². The van der Waals surface area contributed by atoms with Crippen molar-refractivity contribution in [3.8, 4) is 0 Å². The maximum Gasteiger partial charge on any atom is 0.162 e. The molecule has 7 aromatic rings. The van der Waals surface area contributed by atoms with E-state index in [1.54, 1.807) is 0 Å². The number of ketones is 1. The SMILES string of the molecule is CCC(CC)C(=O)/C=C(\O)C(CC)CC.Cc1[c-]n2c3nccc4c5ccccc5cc(c43)n3c4ccccc4c1c23.[Ir]. The number of rotatable bonds is 7. The summed E-state index contributed by atoms with van der Waals surface area (Å²) in [5, 5.41) is 17.2. The molecule has 4 aromatic heterocycles. The van der Waals surface area contributed by atoms with Crippen LogP contribution in [0.25, 0.3) is 54.6 Å². The smallest absolute Gasteiger partial charge is 0.162 e. The van der Waals surface area contributed by atoms with Gasteiger partial charge in [-0.15, -0.1) is 5.56 Å². The van der Waals surface area contributed by atoms with Crippen LogP contribution in [0, 0.1) is 25.0 Å². The van der Waals surface area contributed by atoms with Crippen LogP contribution in [-0.2, 0) is 24.9 Å². The van der Waals surface area contributed by atoms with Crippen LogP contribution >= 0.6 is 0 Å². The third kappa shape index (κ3) is 5.01. The summed E-state index contributed by atoms with van der Waals surface area (Å²) in [4.78, 5) is 16.5. The van der Waals surface area contributed by atoms with Crippen molar-refractivity contribution in [2.45, 2.75) is 60.3 Å². The molecule has 0 aliphatic carbocycles. The molecule has 223 valence electrons. The topological polar surface area (TPSA) is 59.0 Å². The molecule has 7 rings (SSSR count). The number of para-hydroxylation sites is 1. The van der Waals surface area contributed by atoms with E-state index in [4.69, 9.17) is 4.98 Å². The number of carbonyl (C=O) groups is 1. The van der Waals surface area contributed by atoms with Crippen molar-refractivity contribution >= 4 is 60.4 Å². The Kier molecular flexibility index (Phi) is 8.91. The maximum atomic E-state index is 11.7. The number of aliphatic hydroxyl groups is 1. The van der Waals surface area contributed by atoms with Gasteiger partial charge >= 0.3 is 0 Å². The van der Waals surface area contributed by atoms with Crippen LogP contribution < -0.4 is 0 Å². The molecule has 0 aliphatic rings. The second-order valence-corrected chi connectivity index (χ2v) is 11.3. The van der Waals surface area contributed by atoms with Gasteiger partial charge in [-0.3, -0.25) is 9.78 Å². The van der Waals surface area contributed by atoms with E-state index in [9.17, 15) is 9.90 Å². The summed E-state index contributed by atoms with van der Waals surface area (Å²) in [5.41, 5.74) is 5.74. The first-order valence-electron chi connectivity index (χ1n) is 15.2. The Morgan fingerprint density at radius 2 is 1.51 bits per heavy atom. The van der Waals surface area contributed by atoms with Crippen molar-refractivity contribution in [1.29, 1.82) is 0 Å². The molecule has 0 atom stereocenters. The molecule has 0 amide bonds. The summed E-state index contributed by atoms with van der Waals surface area (Å²) in [6.45, 7) is 10.2. The van der Waals surface area contributed by atoms with E-state index in [2.05, 4.69) is 82.6 Å². The number of carbonyl (C=O) groups excluding carboxylic acids is 1. The van der Waals surface area contributed by atoms with Gasteiger partial charge in [0.2, 0.25) is 0 Å². The van der Waals surface area contributed by atoms with E-state index in [1.165, 1.54) is 49.4 Å². The van der Waals surface area contributed by atoms with Gasteiger partial charge in [-0.25, -0.2) is 0 Å². The second kappa shape index (κ2) is 12.5. The van der Waals surface area contributed by atoms with E-state index >= 15 is 0 Å². The van der Waals surface area contributed by atoms with E-state index in [0.29, 0.717) is 0 Å². The second-order valence-electron chi connectivity index (χ2n) is 11.3. The molecule has 0 bridgehead atoms. The van der Waals surface area contributed by atoms with E-state index in [0.717, 1.165) is 42.5 Å². The van der Waals surface area contributed by atoms with Gasteiger partial charge in [0.05, 0.1) is 11.4 Å². The number of aryl methyl sites for hydroxylation is 1. The Morgan fingerprint density at radius 3 is 2.21 bits per heavy atom. The summed E-state index contributed by atoms with van der Waals surface area (Å²) in [6, 6.07) is 21.7. The minimum atomic E-state index is 0. The average Bonchev–Trinajstić information content (AvgIpc) is 3.54. The first-order chi connectivity index (χ1) is 20.4. The molecule has 0 unspecified atom stereocenters. The number of benzene rings is 3. The van der Waals surface area contributed by atoms with E-state index < -0.39 is 0 Å². The summed E-state index contributed by atoms with van der Waals surface area (Å²) in [7, 11) is 0. The zero-order valence-corrected chi connectivity index (χ0v) is 27.8. The predicted molar refractivity (Wildman–Crippen MR) is 175 cm³/mol. The first kappa shape index (κ1) is 30.7. The van der Waals surface area contributed by atoms with Gasteiger partial charge in [0.15, 0.2) is 5.78 Å². The molecule has 5 nitrogen and oxygen atoms in total. The van der Waals surface area contributed by atoms with Crippen LogP contribution in [0.4, 0.5) is 0 Å². The minimum absolute atomic E-state index is 0. The number of pyridine rings is 1. The molecule has 3 aromatic carbocycles. The van der Waals surface area contributed by atoms with Gasteiger partial charge in [-0.1, -0.05) is 88.7 Å². The fourth-order valence-corrected chi connectivity index (χ4v) is 6.62. The Hall–Kier alpha value is -3.73. The Labute approximate surface area is 265 Å². The van der Waals surface area contributed by atoms with Crippen molar-refractivity contribution in [2.75, 3.05) is 0 Å². The summed E-state index contributed by atoms with van der Waals surface area (Å²) >= 11 is 0. The number of nitrogens with zero attached hydrogens (tertiary/aromatic N) is 3. The Balaban J connectivity index is 0.000000201. The largest absolute Gasteiger partial charge is 0.512 e. The number of aromatic nitrogens is 3. The zero-order valence-electron chi connectivity index (χ0n) is 25.4. The number of aliphatic hydroxyl groups excluding tert-OH is 1. The number of fused-ring (bicyclic) bond motifs is 7. The molecular formula is C37H38IrN3O2-. The predicted octanol–water partition coefficient (Wildman–Crippen LogP) is 9.61. The van der Waals surface area contributed by atoms with Gasteiger partial charge < -0.3 is 13.9 Å². The average molecular weight is 749 g/mol. The summed E-state index contributed by atoms with van der Waals surface area (Å²) in [5.74, 6) is 0.547. The molecule has 0 spiro atoms. The van der Waals surface area contributed by atoms with Gasteiger partial charge in [-0.05, 0) is 65.4 Å². The minimum Gasteiger partial charge on any atom is -0.512 e. The van der Waals surface area contributed by atoms with Crippen molar-refractivity contribution < 1.29 is 30.0 Å². The van der Waals surface area contributed by atoms with Crippen LogP contribution in [0.3, 0.4) is 0 Å². The van der Waals surface area contributed by atoms with Crippen molar-refractivity contribution in [2.24, 2.45) is 11.8 Å². The van der Waals surface area contributed by atoms with Gasteiger partial charge in [0.25, 0.3) is 0 Å². The van der Waals surface area contributed by atoms with Crippen molar-refractivity contribution in [3.05, 3.63) is 90.5 Å². The molecular weight excluding hydrogens is 711 g/mol. The van der Waals surface area contributed by atoms with Crippen molar-refractivity contribution in [3.63, 3.8) is 0 Å². The normalized spacial score (nSPS) is 12.3. The number of hydrogen-bond donors (Lipinski definition) is 1. The Morgan fingerprint density at radius 1 is 0.860 bits per heavy atom. The van der Waals surface area contributed by atoms with Crippen molar-refractivity contribution in [1.82, 2.24) is 13.8 Å². The van der Waals surface area contributed by atoms with E-state index in [1.807, 2.05) is 33.9 Å². The molecule has 1 N–H and O–H groups in total. The van der Waals surface area contributed by atoms with Crippen LogP contribution in [0.5, 0.6) is 0 Å². The van der Waals surface area contributed by atoms with Crippen LogP contribution in [0.1, 0.15) is 58.9 Å². The van der Waals surface area contributed by atoms with E-state index in [-0.39, 0.29) is 43.5 Å². The molecule has 0 fully saturated rings. The molecule has 6 heteroatoms. The third-order valence-corrected chi connectivity index (χ3v) is 8.98. The van der Waals surface area contributed by atoms with Gasteiger partial charge in [0.1, 0.15) is 0 Å². The summed E-state index contributed by atoms with van der Waals surface area (Å²) in [6.07, 6.45) is 10.4. The quantitative estimate of drug-likeness (QED) is 0.0581. The number of allylic oxidation sites excluding steroid dienone is 2. The summed E-state index contributed by atoms with van der Waals surface area (Å²) < 4.78 is 4.53. The maximum absolute atomic E-state index is 11.7. The molecule has 0 saturated heterocycles. The number of hydrogen-bond acceptors (Lipinski definition) is 3. The standard InChI is InChI=1S/C24H14N3.C13H24O2.Ir/c1-14-13-26-23-22-17(10-11-25-23)16-7-3-2-6-15(16)12-20(22)27-19-9-5-4-8-18(19)21(14)24(26)27;1-5-10(6-2)12(14)9-13(15)11(7-3)8-4;/h2-12H,1H3;9-11,14H,5-8H2,1-4H3;/q-1;;/b;12-9-;. The first-order valence-corrected chi connectivity index (χ1v) is 15.2. The fraction of sp³-hybridized carbons (Fsp3) is 0.297. The van der Waals surface area contributed by atoms with Gasteiger partial charge in [0, 0.05) is 66.3 Å². The molecule has 1 radical (unpaired) electrons. The third-order valence-electron chi connectivity index (χ3n) is 8.98. The van der Waals surface area contributed by atoms with Gasteiger partial charge in [-0.2, -0.15) is 0 Å².